The second-order valence-corrected chi connectivity index (χ2v) is 6.25. The molecule has 0 spiro atoms. The zero-order valence-electron chi connectivity index (χ0n) is 13.8. The number of piperidine rings is 1. The van der Waals surface area contributed by atoms with Crippen LogP contribution in [0.25, 0.3) is 0 Å². The predicted octanol–water partition coefficient (Wildman–Crippen LogP) is 3.27. The van der Waals surface area contributed by atoms with Crippen LogP contribution >= 0.6 is 0 Å². The Hall–Kier alpha value is -1.91. The molecule has 0 bridgehead atoms. The highest BCUT2D eigenvalue weighted by Crippen LogP contribution is 2.31. The van der Waals surface area contributed by atoms with E-state index in [1.54, 1.807) is 19.4 Å². The van der Waals surface area contributed by atoms with Crippen LogP contribution < -0.4 is 4.74 Å². The maximum absolute atomic E-state index is 10.7. The third-order valence-electron chi connectivity index (χ3n) is 4.61. The van der Waals surface area contributed by atoms with Gasteiger partial charge in [-0.1, -0.05) is 29.8 Å². The Balaban J connectivity index is 1.73. The Morgan fingerprint density at radius 3 is 2.78 bits per heavy atom. The van der Waals surface area contributed by atoms with Crippen molar-refractivity contribution in [3.8, 4) is 5.88 Å². The largest absolute Gasteiger partial charge is 0.481 e. The van der Waals surface area contributed by atoms with E-state index in [-0.39, 0.29) is 0 Å². The summed E-state index contributed by atoms with van der Waals surface area (Å²) in [5, 5.41) is 10.7. The van der Waals surface area contributed by atoms with Gasteiger partial charge < -0.3 is 9.84 Å². The Morgan fingerprint density at radius 2 is 2.04 bits per heavy atom. The zero-order valence-corrected chi connectivity index (χ0v) is 13.8. The lowest BCUT2D eigenvalue weighted by atomic mass is 9.90. The van der Waals surface area contributed by atoms with Gasteiger partial charge in [0.2, 0.25) is 5.88 Å². The molecule has 2 heterocycles. The molecule has 0 aliphatic carbocycles. The van der Waals surface area contributed by atoms with Crippen molar-refractivity contribution in [1.29, 1.82) is 0 Å². The fourth-order valence-electron chi connectivity index (χ4n) is 3.25. The number of aliphatic hydroxyl groups excluding tert-OH is 1. The van der Waals surface area contributed by atoms with Gasteiger partial charge >= 0.3 is 0 Å². The zero-order chi connectivity index (χ0) is 16.2. The predicted molar refractivity (Wildman–Crippen MR) is 90.5 cm³/mol. The average molecular weight is 312 g/mol. The van der Waals surface area contributed by atoms with Gasteiger partial charge in [0.05, 0.1) is 7.11 Å². The SMILES string of the molecule is COc1cc(C(O)N2CCCC(c3ccc(C)cc3)C2)ccn1. The van der Waals surface area contributed by atoms with Crippen molar-refractivity contribution in [1.82, 2.24) is 9.88 Å². The molecular formula is C19H24N2O2. The van der Waals surface area contributed by atoms with E-state index in [1.807, 2.05) is 6.07 Å². The number of nitrogens with zero attached hydrogens (tertiary/aromatic N) is 2. The first-order valence-corrected chi connectivity index (χ1v) is 8.16. The van der Waals surface area contributed by atoms with Gasteiger partial charge in [-0.25, -0.2) is 4.98 Å². The number of methoxy groups -OCH3 is 1. The van der Waals surface area contributed by atoms with E-state index in [2.05, 4.69) is 41.1 Å². The molecule has 4 nitrogen and oxygen atoms in total. The van der Waals surface area contributed by atoms with E-state index in [4.69, 9.17) is 4.74 Å². The highest BCUT2D eigenvalue weighted by molar-refractivity contribution is 5.26. The Kier molecular flexibility index (Phi) is 4.94. The summed E-state index contributed by atoms with van der Waals surface area (Å²) in [5.74, 6) is 1.01. The Labute approximate surface area is 137 Å². The summed E-state index contributed by atoms with van der Waals surface area (Å²) in [6.07, 6.45) is 3.34. The number of rotatable bonds is 4. The maximum Gasteiger partial charge on any atom is 0.213 e. The molecular weight excluding hydrogens is 288 g/mol. The summed E-state index contributed by atoms with van der Waals surface area (Å²) in [6.45, 7) is 3.89. The molecule has 1 aliphatic heterocycles. The number of aromatic nitrogens is 1. The quantitative estimate of drug-likeness (QED) is 0.941. The number of likely N-dealkylation sites (tertiary alicyclic amines) is 1. The number of hydrogen-bond acceptors (Lipinski definition) is 4. The average Bonchev–Trinajstić information content (AvgIpc) is 2.62. The van der Waals surface area contributed by atoms with Gasteiger partial charge in [0.1, 0.15) is 6.23 Å². The molecule has 2 unspecified atom stereocenters. The van der Waals surface area contributed by atoms with Crippen molar-refractivity contribution in [2.24, 2.45) is 0 Å². The van der Waals surface area contributed by atoms with Gasteiger partial charge in [0, 0.05) is 30.9 Å². The first-order chi connectivity index (χ1) is 11.2. The van der Waals surface area contributed by atoms with E-state index < -0.39 is 6.23 Å². The standard InChI is InChI=1S/C19H24N2O2/c1-14-5-7-15(8-6-14)17-4-3-11-21(13-17)19(22)16-9-10-20-18(12-16)23-2/h5-10,12,17,19,22H,3-4,11,13H2,1-2H3. The number of aliphatic hydroxyl groups is 1. The molecule has 0 radical (unpaired) electrons. The smallest absolute Gasteiger partial charge is 0.213 e. The summed E-state index contributed by atoms with van der Waals surface area (Å²) in [5.41, 5.74) is 3.48. The molecule has 1 aromatic heterocycles. The van der Waals surface area contributed by atoms with Crippen molar-refractivity contribution >= 4 is 0 Å². The van der Waals surface area contributed by atoms with Crippen molar-refractivity contribution in [3.05, 3.63) is 59.3 Å². The molecule has 1 saturated heterocycles. The van der Waals surface area contributed by atoms with Crippen LogP contribution in [0.2, 0.25) is 0 Å². The molecule has 1 aliphatic rings. The van der Waals surface area contributed by atoms with E-state index in [0.717, 1.165) is 25.1 Å². The number of benzene rings is 1. The molecule has 4 heteroatoms. The lowest BCUT2D eigenvalue weighted by Crippen LogP contribution is -2.37. The summed E-state index contributed by atoms with van der Waals surface area (Å²) < 4.78 is 5.15. The summed E-state index contributed by atoms with van der Waals surface area (Å²) in [6, 6.07) is 12.4. The third kappa shape index (κ3) is 3.71. The van der Waals surface area contributed by atoms with Crippen LogP contribution in [0.4, 0.5) is 0 Å². The van der Waals surface area contributed by atoms with Crippen molar-refractivity contribution in [2.75, 3.05) is 20.2 Å². The number of ether oxygens (including phenoxy) is 1. The maximum atomic E-state index is 10.7. The monoisotopic (exact) mass is 312 g/mol. The first-order valence-electron chi connectivity index (χ1n) is 8.16. The van der Waals surface area contributed by atoms with Gasteiger partial charge in [-0.3, -0.25) is 4.90 Å². The van der Waals surface area contributed by atoms with Gasteiger partial charge in [-0.05, 0) is 37.3 Å². The highest BCUT2D eigenvalue weighted by atomic mass is 16.5. The molecule has 1 fully saturated rings. The molecule has 0 saturated carbocycles. The van der Waals surface area contributed by atoms with Crippen molar-refractivity contribution < 1.29 is 9.84 Å². The Bertz CT molecular complexity index is 642. The fourth-order valence-corrected chi connectivity index (χ4v) is 3.25. The Morgan fingerprint density at radius 1 is 1.26 bits per heavy atom. The molecule has 122 valence electrons. The summed E-state index contributed by atoms with van der Waals surface area (Å²) in [7, 11) is 1.59. The lowest BCUT2D eigenvalue weighted by molar-refractivity contribution is -0.0153. The lowest BCUT2D eigenvalue weighted by Gasteiger charge is -2.36. The number of aryl methyl sites for hydroxylation is 1. The van der Waals surface area contributed by atoms with Gasteiger partial charge in [0.15, 0.2) is 0 Å². The van der Waals surface area contributed by atoms with Crippen LogP contribution in [-0.4, -0.2) is 35.2 Å². The topological polar surface area (TPSA) is 45.6 Å². The molecule has 23 heavy (non-hydrogen) atoms. The molecule has 1 aromatic carbocycles. The molecule has 1 N–H and O–H groups in total. The summed E-state index contributed by atoms with van der Waals surface area (Å²) >= 11 is 0. The van der Waals surface area contributed by atoms with Crippen LogP contribution in [0, 0.1) is 6.92 Å². The van der Waals surface area contributed by atoms with E-state index in [0.29, 0.717) is 11.8 Å². The number of hydrogen-bond donors (Lipinski definition) is 1. The number of pyridine rings is 1. The normalized spacial score (nSPS) is 20.2. The van der Waals surface area contributed by atoms with Crippen molar-refractivity contribution in [2.45, 2.75) is 31.9 Å². The first kappa shape index (κ1) is 16.0. The minimum absolute atomic E-state index is 0.475. The van der Waals surface area contributed by atoms with E-state index >= 15 is 0 Å². The fraction of sp³-hybridized carbons (Fsp3) is 0.421. The van der Waals surface area contributed by atoms with Crippen LogP contribution in [0.15, 0.2) is 42.6 Å². The van der Waals surface area contributed by atoms with Crippen molar-refractivity contribution in [3.63, 3.8) is 0 Å². The highest BCUT2D eigenvalue weighted by Gasteiger charge is 2.26. The van der Waals surface area contributed by atoms with Crippen LogP contribution in [0.3, 0.4) is 0 Å². The second kappa shape index (κ2) is 7.11. The van der Waals surface area contributed by atoms with Gasteiger partial charge in [-0.2, -0.15) is 0 Å². The van der Waals surface area contributed by atoms with Gasteiger partial charge in [0.25, 0.3) is 0 Å². The van der Waals surface area contributed by atoms with Gasteiger partial charge in [-0.15, -0.1) is 0 Å². The van der Waals surface area contributed by atoms with E-state index in [9.17, 15) is 5.11 Å². The molecule has 3 rings (SSSR count). The minimum Gasteiger partial charge on any atom is -0.481 e. The summed E-state index contributed by atoms with van der Waals surface area (Å²) in [4.78, 5) is 6.25. The molecule has 0 amide bonds. The van der Waals surface area contributed by atoms with Crippen LogP contribution in [0.1, 0.15) is 41.7 Å². The minimum atomic E-state index is -0.611. The third-order valence-corrected chi connectivity index (χ3v) is 4.61. The molecule has 2 aromatic rings. The van der Waals surface area contributed by atoms with E-state index in [1.165, 1.54) is 17.5 Å². The van der Waals surface area contributed by atoms with Crippen LogP contribution in [0.5, 0.6) is 5.88 Å². The molecule has 2 atom stereocenters. The second-order valence-electron chi connectivity index (χ2n) is 6.25. The van der Waals surface area contributed by atoms with Crippen LogP contribution in [-0.2, 0) is 0 Å².